The van der Waals surface area contributed by atoms with Gasteiger partial charge in [0.25, 0.3) is 0 Å². The number of amides is 1. The molecule has 3 aromatic heterocycles. The van der Waals surface area contributed by atoms with Crippen molar-refractivity contribution in [2.24, 2.45) is 0 Å². The maximum Gasteiger partial charge on any atom is 0.226 e. The van der Waals surface area contributed by atoms with Gasteiger partial charge in [-0.1, -0.05) is 30.3 Å². The number of aromatic nitrogens is 4. The first kappa shape index (κ1) is 22.2. The molecule has 0 saturated carbocycles. The Morgan fingerprint density at radius 1 is 1.14 bits per heavy atom. The summed E-state index contributed by atoms with van der Waals surface area (Å²) in [6, 6.07) is 18.0. The molecule has 4 heterocycles. The highest BCUT2D eigenvalue weighted by atomic mass is 16.5. The monoisotopic (exact) mass is 480 g/mol. The van der Waals surface area contributed by atoms with E-state index in [-0.39, 0.29) is 11.8 Å². The number of nitrogens with zero attached hydrogens (tertiary/aromatic N) is 4. The van der Waals surface area contributed by atoms with E-state index in [0.717, 1.165) is 57.8 Å². The molecule has 3 N–H and O–H groups in total. The van der Waals surface area contributed by atoms with Gasteiger partial charge in [-0.2, -0.15) is 0 Å². The highest BCUT2D eigenvalue weighted by Crippen LogP contribution is 2.35. The first-order valence-electron chi connectivity index (χ1n) is 12.2. The van der Waals surface area contributed by atoms with Crippen molar-refractivity contribution in [1.82, 2.24) is 24.3 Å². The number of methoxy groups -OCH3 is 1. The van der Waals surface area contributed by atoms with Gasteiger partial charge in [0.2, 0.25) is 5.91 Å². The zero-order chi connectivity index (χ0) is 24.6. The molecule has 1 fully saturated rings. The summed E-state index contributed by atoms with van der Waals surface area (Å²) in [4.78, 5) is 27.8. The Hall–Kier alpha value is -4.33. The summed E-state index contributed by atoms with van der Waals surface area (Å²) in [5, 5.41) is 1.13. The maximum atomic E-state index is 12.9. The maximum absolute atomic E-state index is 12.9. The number of para-hydroxylation sites is 1. The molecule has 0 unspecified atom stereocenters. The van der Waals surface area contributed by atoms with Crippen molar-refractivity contribution in [3.05, 3.63) is 78.4 Å². The Morgan fingerprint density at radius 2 is 1.92 bits per heavy atom. The van der Waals surface area contributed by atoms with Crippen LogP contribution in [0, 0.1) is 0 Å². The predicted octanol–water partition coefficient (Wildman–Crippen LogP) is 4.42. The fraction of sp³-hybridized carbons (Fsp3) is 0.250. The summed E-state index contributed by atoms with van der Waals surface area (Å²) in [7, 11) is 1.64. The molecule has 1 amide bonds. The van der Waals surface area contributed by atoms with Crippen molar-refractivity contribution in [1.29, 1.82) is 0 Å². The van der Waals surface area contributed by atoms with Crippen LogP contribution < -0.4 is 10.5 Å². The van der Waals surface area contributed by atoms with Crippen molar-refractivity contribution in [2.75, 3.05) is 25.9 Å². The molecule has 2 aromatic carbocycles. The largest absolute Gasteiger partial charge is 0.497 e. The second kappa shape index (κ2) is 9.03. The van der Waals surface area contributed by atoms with Gasteiger partial charge in [-0.25, -0.2) is 9.97 Å². The summed E-state index contributed by atoms with van der Waals surface area (Å²) >= 11 is 0. The minimum absolute atomic E-state index is 0.152. The minimum Gasteiger partial charge on any atom is -0.497 e. The molecular weight excluding hydrogens is 452 g/mol. The van der Waals surface area contributed by atoms with E-state index in [1.54, 1.807) is 13.3 Å². The van der Waals surface area contributed by atoms with Crippen LogP contribution in [0.1, 0.15) is 30.1 Å². The average molecular weight is 481 g/mol. The van der Waals surface area contributed by atoms with Crippen LogP contribution in [0.3, 0.4) is 0 Å². The molecule has 5 aromatic rings. The van der Waals surface area contributed by atoms with Gasteiger partial charge in [0.1, 0.15) is 28.6 Å². The van der Waals surface area contributed by atoms with Gasteiger partial charge in [-0.15, -0.1) is 0 Å². The summed E-state index contributed by atoms with van der Waals surface area (Å²) in [5.74, 6) is 2.59. The molecule has 0 spiro atoms. The first-order chi connectivity index (χ1) is 17.6. The van der Waals surface area contributed by atoms with Gasteiger partial charge in [0.15, 0.2) is 0 Å². The Labute approximate surface area is 208 Å². The smallest absolute Gasteiger partial charge is 0.226 e. The second-order valence-corrected chi connectivity index (χ2v) is 9.30. The Morgan fingerprint density at radius 3 is 2.67 bits per heavy atom. The van der Waals surface area contributed by atoms with E-state index in [9.17, 15) is 4.79 Å². The molecule has 1 aliphatic heterocycles. The molecule has 8 nitrogen and oxygen atoms in total. The number of hydrogen-bond donors (Lipinski definition) is 2. The lowest BCUT2D eigenvalue weighted by atomic mass is 9.95. The topological polar surface area (TPSA) is 102 Å². The van der Waals surface area contributed by atoms with Gasteiger partial charge in [0, 0.05) is 42.3 Å². The number of carbonyl (C=O) groups excluding carboxylic acids is 1. The van der Waals surface area contributed by atoms with Gasteiger partial charge >= 0.3 is 0 Å². The molecule has 0 atom stereocenters. The zero-order valence-corrected chi connectivity index (χ0v) is 20.1. The van der Waals surface area contributed by atoms with Crippen LogP contribution in [0.4, 0.5) is 5.82 Å². The molecule has 182 valence electrons. The number of H-pyrrole nitrogens is 1. The SMILES string of the molecule is COc1ccc(CC(=O)N2CCC(c3nc(-c4cc5ccccc5[nH]4)c4c(N)nccn34)CC2)cc1. The second-order valence-electron chi connectivity index (χ2n) is 9.30. The van der Waals surface area contributed by atoms with Gasteiger partial charge in [-0.05, 0) is 42.7 Å². The summed E-state index contributed by atoms with van der Waals surface area (Å²) in [5.41, 5.74) is 10.9. The average Bonchev–Trinajstić information content (AvgIpc) is 3.52. The third kappa shape index (κ3) is 3.94. The van der Waals surface area contributed by atoms with E-state index < -0.39 is 0 Å². The van der Waals surface area contributed by atoms with Crippen molar-refractivity contribution in [3.8, 4) is 17.1 Å². The number of imidazole rings is 1. The van der Waals surface area contributed by atoms with Crippen molar-refractivity contribution in [3.63, 3.8) is 0 Å². The van der Waals surface area contributed by atoms with Gasteiger partial charge in [0.05, 0.1) is 19.2 Å². The van der Waals surface area contributed by atoms with Crippen LogP contribution in [0.25, 0.3) is 27.8 Å². The third-order valence-electron chi connectivity index (χ3n) is 7.12. The van der Waals surface area contributed by atoms with Crippen LogP contribution in [0.15, 0.2) is 67.0 Å². The molecule has 0 aliphatic carbocycles. The summed E-state index contributed by atoms with van der Waals surface area (Å²) < 4.78 is 7.28. The fourth-order valence-corrected chi connectivity index (χ4v) is 5.18. The molecule has 1 saturated heterocycles. The molecule has 1 aliphatic rings. The summed E-state index contributed by atoms with van der Waals surface area (Å²) in [6.45, 7) is 1.41. The third-order valence-corrected chi connectivity index (χ3v) is 7.12. The van der Waals surface area contributed by atoms with E-state index in [1.165, 1.54) is 0 Å². The Bertz CT molecular complexity index is 1510. The molecule has 6 rings (SSSR count). The van der Waals surface area contributed by atoms with E-state index in [1.807, 2.05) is 47.5 Å². The number of anilines is 1. The number of hydrogen-bond acceptors (Lipinski definition) is 5. The minimum atomic E-state index is 0.152. The number of nitrogens with one attached hydrogen (secondary N) is 1. The van der Waals surface area contributed by atoms with Crippen LogP contribution in [-0.2, 0) is 11.2 Å². The number of nitrogen functional groups attached to an aromatic ring is 1. The van der Waals surface area contributed by atoms with Crippen LogP contribution in [0.5, 0.6) is 5.75 Å². The number of nitrogens with two attached hydrogens (primary N) is 1. The van der Waals surface area contributed by atoms with Crippen molar-refractivity contribution < 1.29 is 9.53 Å². The highest BCUT2D eigenvalue weighted by molar-refractivity contribution is 5.91. The lowest BCUT2D eigenvalue weighted by molar-refractivity contribution is -0.131. The number of carbonyl (C=O) groups is 1. The van der Waals surface area contributed by atoms with Gasteiger partial charge in [-0.3, -0.25) is 9.20 Å². The lowest BCUT2D eigenvalue weighted by Gasteiger charge is -2.31. The highest BCUT2D eigenvalue weighted by Gasteiger charge is 2.28. The van der Waals surface area contributed by atoms with Gasteiger partial charge < -0.3 is 20.4 Å². The molecule has 0 bridgehead atoms. The van der Waals surface area contributed by atoms with Crippen LogP contribution in [-0.4, -0.2) is 50.4 Å². The molecular formula is C28H28N6O2. The fourth-order valence-electron chi connectivity index (χ4n) is 5.18. The molecule has 8 heteroatoms. The molecule has 0 radical (unpaired) electrons. The Kier molecular flexibility index (Phi) is 5.56. The van der Waals surface area contributed by atoms with Crippen LogP contribution >= 0.6 is 0 Å². The number of aromatic amines is 1. The lowest BCUT2D eigenvalue weighted by Crippen LogP contribution is -2.39. The first-order valence-corrected chi connectivity index (χ1v) is 12.2. The normalized spacial score (nSPS) is 14.5. The van der Waals surface area contributed by atoms with E-state index in [2.05, 4.69) is 32.6 Å². The number of benzene rings is 2. The Balaban J connectivity index is 1.23. The quantitative estimate of drug-likeness (QED) is 0.388. The zero-order valence-electron chi connectivity index (χ0n) is 20.1. The number of likely N-dealkylation sites (tertiary alicyclic amines) is 1. The summed E-state index contributed by atoms with van der Waals surface area (Å²) in [6.07, 6.45) is 5.74. The van der Waals surface area contributed by atoms with E-state index in [4.69, 9.17) is 15.5 Å². The molecule has 36 heavy (non-hydrogen) atoms. The number of ether oxygens (including phenoxy) is 1. The van der Waals surface area contributed by atoms with Crippen molar-refractivity contribution >= 4 is 28.1 Å². The number of fused-ring (bicyclic) bond motifs is 2. The van der Waals surface area contributed by atoms with Crippen LogP contribution in [0.2, 0.25) is 0 Å². The van der Waals surface area contributed by atoms with E-state index in [0.29, 0.717) is 25.3 Å². The number of piperidine rings is 1. The predicted molar refractivity (Wildman–Crippen MR) is 140 cm³/mol. The number of rotatable bonds is 5. The standard InChI is InChI=1S/C28H28N6O2/c1-36-21-8-6-18(7-9-21)16-24(35)33-13-10-19(11-14-33)28-32-25(26-27(29)30-12-15-34(26)28)23-17-20-4-2-3-5-22(20)31-23/h2-9,12,15,17,19,31H,10-11,13-14,16H2,1H3,(H2,29,30). The van der Waals surface area contributed by atoms with Crippen molar-refractivity contribution in [2.45, 2.75) is 25.2 Å². The van der Waals surface area contributed by atoms with E-state index >= 15 is 0 Å².